The minimum Gasteiger partial charge on any atom is -0.339 e. The molecule has 3 heterocycles. The van der Waals surface area contributed by atoms with Crippen LogP contribution in [0.15, 0.2) is 52.4 Å². The summed E-state index contributed by atoms with van der Waals surface area (Å²) < 4.78 is 5.34. The molecule has 31 heavy (non-hydrogen) atoms. The summed E-state index contributed by atoms with van der Waals surface area (Å²) in [5.41, 5.74) is 3.05. The summed E-state index contributed by atoms with van der Waals surface area (Å²) in [4.78, 5) is 33.1. The number of thiophene rings is 1. The molecule has 0 aliphatic rings. The minimum absolute atomic E-state index is 0.0674. The maximum absolute atomic E-state index is 13.2. The molecule has 1 aromatic carbocycles. The molecule has 0 spiro atoms. The Bertz CT molecular complexity index is 1240. The van der Waals surface area contributed by atoms with Gasteiger partial charge in [0, 0.05) is 24.3 Å². The van der Waals surface area contributed by atoms with Gasteiger partial charge in [0.2, 0.25) is 0 Å². The third kappa shape index (κ3) is 4.06. The summed E-state index contributed by atoms with van der Waals surface area (Å²) in [7, 11) is 0. The van der Waals surface area contributed by atoms with Crippen LogP contribution in [0.1, 0.15) is 40.3 Å². The van der Waals surface area contributed by atoms with Gasteiger partial charge in [0.1, 0.15) is 0 Å². The third-order valence-electron chi connectivity index (χ3n) is 5.05. The van der Waals surface area contributed by atoms with Gasteiger partial charge in [-0.2, -0.15) is 0 Å². The SMILES string of the molecule is CCN(CC)C(=O)c1cccc(NC(=O)c2cc(-c3cccs3)nc3onc(C)c23)c1. The molecule has 2 amide bonds. The summed E-state index contributed by atoms with van der Waals surface area (Å²) in [5, 5.41) is 9.41. The molecule has 1 N–H and O–H groups in total. The van der Waals surface area contributed by atoms with Gasteiger partial charge < -0.3 is 14.7 Å². The standard InChI is InChI=1S/C23H22N4O3S/c1-4-27(5-2)23(29)15-8-6-9-16(12-15)24-21(28)17-13-18(19-10-7-11-31-19)25-22-20(17)14(3)26-30-22/h6-13H,4-5H2,1-3H3,(H,24,28). The van der Waals surface area contributed by atoms with Crippen LogP contribution >= 0.6 is 11.3 Å². The number of nitrogens with zero attached hydrogens (tertiary/aromatic N) is 3. The maximum atomic E-state index is 13.2. The fraction of sp³-hybridized carbons (Fsp3) is 0.217. The van der Waals surface area contributed by atoms with E-state index in [4.69, 9.17) is 4.52 Å². The second-order valence-electron chi connectivity index (χ2n) is 6.99. The lowest BCUT2D eigenvalue weighted by Crippen LogP contribution is -2.30. The number of anilines is 1. The van der Waals surface area contributed by atoms with E-state index >= 15 is 0 Å². The highest BCUT2D eigenvalue weighted by Gasteiger charge is 2.20. The molecule has 7 nitrogen and oxygen atoms in total. The summed E-state index contributed by atoms with van der Waals surface area (Å²) in [5.74, 6) is -0.383. The van der Waals surface area contributed by atoms with Crippen LogP contribution in [0.2, 0.25) is 0 Å². The van der Waals surface area contributed by atoms with E-state index < -0.39 is 0 Å². The molecule has 0 saturated carbocycles. The number of hydrogen-bond donors (Lipinski definition) is 1. The van der Waals surface area contributed by atoms with Crippen molar-refractivity contribution in [2.24, 2.45) is 0 Å². The van der Waals surface area contributed by atoms with Gasteiger partial charge in [0.05, 0.1) is 27.2 Å². The Balaban J connectivity index is 1.69. The molecule has 4 rings (SSSR count). The van der Waals surface area contributed by atoms with Crippen LogP contribution in [0.4, 0.5) is 5.69 Å². The number of carbonyl (C=O) groups excluding carboxylic acids is 2. The largest absolute Gasteiger partial charge is 0.339 e. The predicted octanol–water partition coefficient (Wildman–Crippen LogP) is 4.99. The van der Waals surface area contributed by atoms with Crippen LogP contribution in [0, 0.1) is 6.92 Å². The summed E-state index contributed by atoms with van der Waals surface area (Å²) in [6.07, 6.45) is 0. The van der Waals surface area contributed by atoms with Crippen molar-refractivity contribution >= 4 is 39.9 Å². The first-order valence-electron chi connectivity index (χ1n) is 10.0. The summed E-state index contributed by atoms with van der Waals surface area (Å²) in [6, 6.07) is 12.6. The molecule has 0 bridgehead atoms. The highest BCUT2D eigenvalue weighted by molar-refractivity contribution is 7.13. The minimum atomic E-state index is -0.316. The Kier molecular flexibility index (Phi) is 5.81. The van der Waals surface area contributed by atoms with Gasteiger partial charge >= 0.3 is 0 Å². The maximum Gasteiger partial charge on any atom is 0.259 e. The molecule has 0 fully saturated rings. The Hall–Kier alpha value is -3.52. The van der Waals surface area contributed by atoms with Crippen molar-refractivity contribution in [3.05, 3.63) is 64.7 Å². The molecule has 4 aromatic rings. The number of hydrogen-bond acceptors (Lipinski definition) is 6. The number of aryl methyl sites for hydroxylation is 1. The van der Waals surface area contributed by atoms with Gasteiger partial charge in [-0.15, -0.1) is 11.3 Å². The lowest BCUT2D eigenvalue weighted by molar-refractivity contribution is 0.0772. The third-order valence-corrected chi connectivity index (χ3v) is 5.95. The number of nitrogens with one attached hydrogen (secondary N) is 1. The van der Waals surface area contributed by atoms with Crippen molar-refractivity contribution in [1.29, 1.82) is 0 Å². The number of benzene rings is 1. The fourth-order valence-corrected chi connectivity index (χ4v) is 4.13. The van der Waals surface area contributed by atoms with Gasteiger partial charge in [-0.1, -0.05) is 17.3 Å². The number of carbonyl (C=O) groups is 2. The highest BCUT2D eigenvalue weighted by atomic mass is 32.1. The van der Waals surface area contributed by atoms with Crippen LogP contribution < -0.4 is 5.32 Å². The Morgan fingerprint density at radius 2 is 1.94 bits per heavy atom. The van der Waals surface area contributed by atoms with E-state index in [0.717, 1.165) is 4.88 Å². The molecule has 0 aliphatic carbocycles. The first kappa shape index (κ1) is 20.7. The Morgan fingerprint density at radius 3 is 2.65 bits per heavy atom. The van der Waals surface area contributed by atoms with Gasteiger partial charge in [-0.3, -0.25) is 9.59 Å². The fourth-order valence-electron chi connectivity index (χ4n) is 3.45. The van der Waals surface area contributed by atoms with E-state index in [1.54, 1.807) is 42.2 Å². The lowest BCUT2D eigenvalue weighted by atomic mass is 10.1. The van der Waals surface area contributed by atoms with Gasteiger partial charge in [0.25, 0.3) is 17.5 Å². The van der Waals surface area contributed by atoms with Crippen LogP contribution in [-0.4, -0.2) is 39.9 Å². The average molecular weight is 435 g/mol. The quantitative estimate of drug-likeness (QED) is 0.462. The zero-order valence-electron chi connectivity index (χ0n) is 17.5. The van der Waals surface area contributed by atoms with Crippen molar-refractivity contribution in [3.8, 4) is 10.6 Å². The zero-order chi connectivity index (χ0) is 22.0. The monoisotopic (exact) mass is 434 g/mol. The van der Waals surface area contributed by atoms with Crippen molar-refractivity contribution in [2.75, 3.05) is 18.4 Å². The van der Waals surface area contributed by atoms with E-state index in [2.05, 4.69) is 15.5 Å². The van der Waals surface area contributed by atoms with Crippen molar-refractivity contribution in [3.63, 3.8) is 0 Å². The van der Waals surface area contributed by atoms with Gasteiger partial charge in [-0.25, -0.2) is 4.98 Å². The second-order valence-corrected chi connectivity index (χ2v) is 7.94. The van der Waals surface area contributed by atoms with Crippen LogP contribution in [0.5, 0.6) is 0 Å². The molecular formula is C23H22N4O3S. The van der Waals surface area contributed by atoms with Gasteiger partial charge in [0.15, 0.2) is 0 Å². The molecular weight excluding hydrogens is 412 g/mol. The van der Waals surface area contributed by atoms with Crippen LogP contribution in [0.25, 0.3) is 21.7 Å². The summed E-state index contributed by atoms with van der Waals surface area (Å²) >= 11 is 1.53. The predicted molar refractivity (Wildman–Crippen MR) is 122 cm³/mol. The number of aromatic nitrogens is 2. The highest BCUT2D eigenvalue weighted by Crippen LogP contribution is 2.30. The van der Waals surface area contributed by atoms with E-state index in [-0.39, 0.29) is 11.8 Å². The van der Waals surface area contributed by atoms with Gasteiger partial charge in [-0.05, 0) is 56.5 Å². The molecule has 3 aromatic heterocycles. The Labute approximate surface area is 183 Å². The number of amides is 2. The molecule has 0 unspecified atom stereocenters. The zero-order valence-corrected chi connectivity index (χ0v) is 18.3. The first-order valence-corrected chi connectivity index (χ1v) is 10.9. The topological polar surface area (TPSA) is 88.3 Å². The van der Waals surface area contributed by atoms with E-state index in [1.807, 2.05) is 31.4 Å². The van der Waals surface area contributed by atoms with Crippen LogP contribution in [0.3, 0.4) is 0 Å². The number of pyridine rings is 1. The van der Waals surface area contributed by atoms with Crippen molar-refractivity contribution < 1.29 is 14.1 Å². The number of rotatable bonds is 6. The lowest BCUT2D eigenvalue weighted by Gasteiger charge is -2.19. The summed E-state index contributed by atoms with van der Waals surface area (Å²) in [6.45, 7) is 6.90. The molecule has 0 aliphatic heterocycles. The smallest absolute Gasteiger partial charge is 0.259 e. The molecule has 0 atom stereocenters. The van der Waals surface area contributed by atoms with Crippen molar-refractivity contribution in [1.82, 2.24) is 15.0 Å². The van der Waals surface area contributed by atoms with E-state index in [9.17, 15) is 9.59 Å². The average Bonchev–Trinajstić information content (AvgIpc) is 3.44. The number of fused-ring (bicyclic) bond motifs is 1. The Morgan fingerprint density at radius 1 is 1.13 bits per heavy atom. The van der Waals surface area contributed by atoms with Crippen molar-refractivity contribution in [2.45, 2.75) is 20.8 Å². The molecule has 0 radical (unpaired) electrons. The second kappa shape index (κ2) is 8.69. The van der Waals surface area contributed by atoms with E-state index in [0.29, 0.717) is 52.4 Å². The molecule has 158 valence electrons. The molecule has 8 heteroatoms. The first-order chi connectivity index (χ1) is 15.0. The van der Waals surface area contributed by atoms with E-state index in [1.165, 1.54) is 11.3 Å². The van der Waals surface area contributed by atoms with Crippen LogP contribution in [-0.2, 0) is 0 Å². The molecule has 0 saturated heterocycles. The normalized spacial score (nSPS) is 10.9.